The second kappa shape index (κ2) is 6.13. The number of nitrogens with zero attached hydrogens (tertiary/aromatic N) is 3. The van der Waals surface area contributed by atoms with Gasteiger partial charge in [0.25, 0.3) is 0 Å². The molecule has 0 spiro atoms. The maximum atomic E-state index is 8.69. The Kier molecular flexibility index (Phi) is 4.24. The van der Waals surface area contributed by atoms with Gasteiger partial charge in [-0.25, -0.2) is 4.98 Å². The first-order chi connectivity index (χ1) is 8.38. The highest BCUT2D eigenvalue weighted by atomic mass is 32.1. The number of aromatic amines is 1. The van der Waals surface area contributed by atoms with Gasteiger partial charge in [0, 0.05) is 17.8 Å². The number of aromatic nitrogens is 3. The van der Waals surface area contributed by atoms with E-state index in [9.17, 15) is 0 Å². The standard InChI is InChI=1S/C11H13N5S/c12-6-9-3-4-10(17-9)7-13-5-1-2-11-14-8-15-16-11/h3-4,8,13H,1-2,5,7H2,(H,14,15,16). The van der Waals surface area contributed by atoms with Crippen molar-refractivity contribution in [3.05, 3.63) is 34.0 Å². The summed E-state index contributed by atoms with van der Waals surface area (Å²) in [7, 11) is 0. The van der Waals surface area contributed by atoms with Gasteiger partial charge in [-0.1, -0.05) is 0 Å². The number of H-pyrrole nitrogens is 1. The Balaban J connectivity index is 1.62. The van der Waals surface area contributed by atoms with Crippen LogP contribution in [0.1, 0.15) is 22.0 Å². The van der Waals surface area contributed by atoms with Gasteiger partial charge in [-0.3, -0.25) is 5.10 Å². The van der Waals surface area contributed by atoms with Gasteiger partial charge in [-0.15, -0.1) is 11.3 Å². The molecule has 0 radical (unpaired) electrons. The van der Waals surface area contributed by atoms with E-state index < -0.39 is 0 Å². The first kappa shape index (κ1) is 11.8. The van der Waals surface area contributed by atoms with Crippen molar-refractivity contribution in [2.24, 2.45) is 0 Å². The molecule has 0 aliphatic heterocycles. The Hall–Kier alpha value is -1.71. The summed E-state index contributed by atoms with van der Waals surface area (Å²) in [4.78, 5) is 6.02. The van der Waals surface area contributed by atoms with E-state index in [4.69, 9.17) is 5.26 Å². The van der Waals surface area contributed by atoms with Crippen LogP contribution in [0.3, 0.4) is 0 Å². The topological polar surface area (TPSA) is 77.4 Å². The van der Waals surface area contributed by atoms with Crippen LogP contribution in [0, 0.1) is 11.3 Å². The maximum absolute atomic E-state index is 8.69. The number of rotatable bonds is 6. The van der Waals surface area contributed by atoms with Crippen LogP contribution < -0.4 is 5.32 Å². The molecular formula is C11H13N5S. The molecular weight excluding hydrogens is 234 g/mol. The summed E-state index contributed by atoms with van der Waals surface area (Å²) in [6.45, 7) is 1.75. The fourth-order valence-electron chi connectivity index (χ4n) is 1.48. The molecule has 0 saturated heterocycles. The van der Waals surface area contributed by atoms with Crippen molar-refractivity contribution < 1.29 is 0 Å². The molecule has 88 valence electrons. The zero-order valence-electron chi connectivity index (χ0n) is 9.31. The fourth-order valence-corrected chi connectivity index (χ4v) is 2.25. The molecule has 2 N–H and O–H groups in total. The van der Waals surface area contributed by atoms with Crippen LogP contribution in [0.4, 0.5) is 0 Å². The molecule has 0 aromatic carbocycles. The van der Waals surface area contributed by atoms with Crippen LogP contribution in [0.25, 0.3) is 0 Å². The second-order valence-corrected chi connectivity index (χ2v) is 4.76. The number of nitrogens with one attached hydrogen (secondary N) is 2. The van der Waals surface area contributed by atoms with Gasteiger partial charge in [-0.05, 0) is 25.1 Å². The van der Waals surface area contributed by atoms with Crippen LogP contribution >= 0.6 is 11.3 Å². The molecule has 0 fully saturated rings. The Morgan fingerprint density at radius 3 is 3.12 bits per heavy atom. The lowest BCUT2D eigenvalue weighted by Crippen LogP contribution is -2.14. The van der Waals surface area contributed by atoms with Crippen LogP contribution in [-0.4, -0.2) is 21.7 Å². The molecule has 0 bridgehead atoms. The third-order valence-electron chi connectivity index (χ3n) is 2.30. The molecule has 2 rings (SSSR count). The van der Waals surface area contributed by atoms with Crippen LogP contribution in [-0.2, 0) is 13.0 Å². The summed E-state index contributed by atoms with van der Waals surface area (Å²) < 4.78 is 0. The monoisotopic (exact) mass is 247 g/mol. The van der Waals surface area contributed by atoms with Crippen molar-refractivity contribution in [2.75, 3.05) is 6.54 Å². The average Bonchev–Trinajstić information content (AvgIpc) is 2.99. The minimum absolute atomic E-state index is 0.767. The van der Waals surface area contributed by atoms with Gasteiger partial charge in [-0.2, -0.15) is 10.4 Å². The lowest BCUT2D eigenvalue weighted by Gasteiger charge is -2.01. The molecule has 0 atom stereocenters. The van der Waals surface area contributed by atoms with Crippen molar-refractivity contribution in [2.45, 2.75) is 19.4 Å². The highest BCUT2D eigenvalue weighted by Gasteiger charge is 1.99. The minimum atomic E-state index is 0.767. The van der Waals surface area contributed by atoms with Crippen LogP contribution in [0.2, 0.25) is 0 Å². The summed E-state index contributed by atoms with van der Waals surface area (Å²) in [6.07, 6.45) is 3.45. The van der Waals surface area contributed by atoms with Gasteiger partial charge in [0.1, 0.15) is 23.1 Å². The summed E-state index contributed by atoms with van der Waals surface area (Å²) in [5, 5.41) is 18.7. The highest BCUT2D eigenvalue weighted by Crippen LogP contribution is 2.14. The number of thiophene rings is 1. The summed E-state index contributed by atoms with van der Waals surface area (Å²) in [6, 6.07) is 5.99. The van der Waals surface area contributed by atoms with Crippen molar-refractivity contribution in [1.29, 1.82) is 5.26 Å². The Bertz CT molecular complexity index is 482. The molecule has 2 aromatic heterocycles. The zero-order valence-corrected chi connectivity index (χ0v) is 10.1. The Labute approximate surface area is 104 Å². The van der Waals surface area contributed by atoms with E-state index in [1.807, 2.05) is 12.1 Å². The fraction of sp³-hybridized carbons (Fsp3) is 0.364. The van der Waals surface area contributed by atoms with E-state index in [1.165, 1.54) is 22.5 Å². The molecule has 0 aliphatic carbocycles. The lowest BCUT2D eigenvalue weighted by atomic mass is 10.3. The predicted octanol–water partition coefficient (Wildman–Crippen LogP) is 1.46. The van der Waals surface area contributed by atoms with Crippen LogP contribution in [0.5, 0.6) is 0 Å². The van der Waals surface area contributed by atoms with Gasteiger partial charge in [0.05, 0.1) is 0 Å². The quantitative estimate of drug-likeness (QED) is 0.758. The third-order valence-corrected chi connectivity index (χ3v) is 3.29. The number of hydrogen-bond acceptors (Lipinski definition) is 5. The van der Waals surface area contributed by atoms with E-state index in [2.05, 4.69) is 26.6 Å². The van der Waals surface area contributed by atoms with E-state index in [0.717, 1.165) is 36.6 Å². The molecule has 0 amide bonds. The first-order valence-electron chi connectivity index (χ1n) is 5.42. The molecule has 17 heavy (non-hydrogen) atoms. The molecule has 2 aromatic rings. The van der Waals surface area contributed by atoms with Gasteiger partial charge in [0.2, 0.25) is 0 Å². The predicted molar refractivity (Wildman–Crippen MR) is 65.4 cm³/mol. The molecule has 6 heteroatoms. The number of hydrogen-bond donors (Lipinski definition) is 2. The largest absolute Gasteiger partial charge is 0.312 e. The van der Waals surface area contributed by atoms with E-state index >= 15 is 0 Å². The summed E-state index contributed by atoms with van der Waals surface area (Å²) in [5.41, 5.74) is 0. The van der Waals surface area contributed by atoms with Crippen molar-refractivity contribution in [3.63, 3.8) is 0 Å². The molecule has 0 aliphatic rings. The van der Waals surface area contributed by atoms with Crippen LogP contribution in [0.15, 0.2) is 18.5 Å². The van der Waals surface area contributed by atoms with Crippen molar-refractivity contribution >= 4 is 11.3 Å². The van der Waals surface area contributed by atoms with E-state index in [1.54, 1.807) is 0 Å². The smallest absolute Gasteiger partial charge is 0.137 e. The Morgan fingerprint density at radius 2 is 2.41 bits per heavy atom. The number of nitriles is 1. The minimum Gasteiger partial charge on any atom is -0.312 e. The molecule has 0 saturated carbocycles. The van der Waals surface area contributed by atoms with Gasteiger partial charge in [0.15, 0.2) is 0 Å². The molecule has 5 nitrogen and oxygen atoms in total. The molecule has 2 heterocycles. The lowest BCUT2D eigenvalue weighted by molar-refractivity contribution is 0.644. The first-order valence-corrected chi connectivity index (χ1v) is 6.24. The van der Waals surface area contributed by atoms with Gasteiger partial charge < -0.3 is 5.32 Å². The van der Waals surface area contributed by atoms with Gasteiger partial charge >= 0.3 is 0 Å². The second-order valence-electron chi connectivity index (χ2n) is 3.59. The maximum Gasteiger partial charge on any atom is 0.137 e. The SMILES string of the molecule is N#Cc1ccc(CNCCCc2ncn[nH]2)s1. The summed E-state index contributed by atoms with van der Waals surface area (Å²) in [5.74, 6) is 0.926. The molecule has 0 unspecified atom stereocenters. The van der Waals surface area contributed by atoms with E-state index in [-0.39, 0.29) is 0 Å². The summed E-state index contributed by atoms with van der Waals surface area (Å²) >= 11 is 1.54. The van der Waals surface area contributed by atoms with Crippen molar-refractivity contribution in [1.82, 2.24) is 20.5 Å². The normalized spacial score (nSPS) is 10.3. The van der Waals surface area contributed by atoms with Crippen molar-refractivity contribution in [3.8, 4) is 6.07 Å². The Morgan fingerprint density at radius 1 is 1.47 bits per heavy atom. The highest BCUT2D eigenvalue weighted by molar-refractivity contribution is 7.12. The third kappa shape index (κ3) is 3.66. The average molecular weight is 247 g/mol. The van der Waals surface area contributed by atoms with E-state index in [0.29, 0.717) is 0 Å². The number of aryl methyl sites for hydroxylation is 1. The zero-order chi connectivity index (χ0) is 11.9.